The minimum absolute atomic E-state index is 0.117. The van der Waals surface area contributed by atoms with Crippen molar-refractivity contribution in [3.63, 3.8) is 0 Å². The molecule has 0 atom stereocenters. The van der Waals surface area contributed by atoms with E-state index in [2.05, 4.69) is 4.72 Å². The van der Waals surface area contributed by atoms with Gasteiger partial charge in [0, 0.05) is 15.3 Å². The molecule has 0 aliphatic carbocycles. The second-order valence-corrected chi connectivity index (χ2v) is 7.32. The van der Waals surface area contributed by atoms with Crippen molar-refractivity contribution >= 4 is 55.6 Å². The van der Waals surface area contributed by atoms with Gasteiger partial charge in [0.1, 0.15) is 5.02 Å². The van der Waals surface area contributed by atoms with Crippen LogP contribution in [0.1, 0.15) is 0 Å². The Bertz CT molecular complexity index is 811. The van der Waals surface area contributed by atoms with Crippen LogP contribution in [0.3, 0.4) is 0 Å². The van der Waals surface area contributed by atoms with Crippen LogP contribution in [-0.2, 0) is 10.0 Å². The first kappa shape index (κ1) is 16.0. The summed E-state index contributed by atoms with van der Waals surface area (Å²) in [4.78, 5) is 9.85. The number of nitro benzene ring substituents is 1. The molecular weight excluding hydrogens is 431 g/mol. The van der Waals surface area contributed by atoms with Crippen molar-refractivity contribution in [3.05, 3.63) is 61.2 Å². The van der Waals surface area contributed by atoms with E-state index < -0.39 is 20.6 Å². The number of nitro groups is 1. The highest BCUT2D eigenvalue weighted by Crippen LogP contribution is 2.28. The molecule has 0 unspecified atom stereocenters. The molecular formula is C12H8ClIN2O4S. The second-order valence-electron chi connectivity index (χ2n) is 3.99. The third-order valence-corrected chi connectivity index (χ3v) is 4.87. The maximum Gasteiger partial charge on any atom is 0.289 e. The highest BCUT2D eigenvalue weighted by Gasteiger charge is 2.20. The van der Waals surface area contributed by atoms with E-state index in [4.69, 9.17) is 11.6 Å². The predicted molar refractivity (Wildman–Crippen MR) is 88.1 cm³/mol. The molecule has 0 fully saturated rings. The molecule has 6 nitrogen and oxygen atoms in total. The topological polar surface area (TPSA) is 89.3 Å². The van der Waals surface area contributed by atoms with Gasteiger partial charge in [0.15, 0.2) is 0 Å². The maximum atomic E-state index is 12.2. The molecule has 2 aromatic carbocycles. The minimum Gasteiger partial charge on any atom is -0.280 e. The summed E-state index contributed by atoms with van der Waals surface area (Å²) in [5, 5.41) is 10.7. The van der Waals surface area contributed by atoms with Crippen molar-refractivity contribution in [3.8, 4) is 0 Å². The molecule has 0 radical (unpaired) electrons. The van der Waals surface area contributed by atoms with E-state index in [0.29, 0.717) is 5.69 Å². The fourth-order valence-electron chi connectivity index (χ4n) is 1.57. The van der Waals surface area contributed by atoms with Crippen molar-refractivity contribution in [2.75, 3.05) is 4.72 Å². The normalized spacial score (nSPS) is 11.1. The third kappa shape index (κ3) is 3.83. The fourth-order valence-corrected chi connectivity index (χ4v) is 3.36. The first-order valence-electron chi connectivity index (χ1n) is 5.52. The SMILES string of the molecule is O=[N+]([O-])c1cc(S(=O)(=O)Nc2cccc(I)c2)ccc1Cl. The molecule has 0 aliphatic rings. The smallest absolute Gasteiger partial charge is 0.280 e. The lowest BCUT2D eigenvalue weighted by atomic mass is 10.3. The van der Waals surface area contributed by atoms with Gasteiger partial charge in [0.05, 0.1) is 9.82 Å². The van der Waals surface area contributed by atoms with Crippen LogP contribution in [0, 0.1) is 13.7 Å². The van der Waals surface area contributed by atoms with Crippen molar-refractivity contribution < 1.29 is 13.3 Å². The monoisotopic (exact) mass is 438 g/mol. The van der Waals surface area contributed by atoms with Crippen LogP contribution >= 0.6 is 34.2 Å². The van der Waals surface area contributed by atoms with Crippen LogP contribution in [0.5, 0.6) is 0 Å². The second kappa shape index (κ2) is 6.16. The van der Waals surface area contributed by atoms with E-state index in [-0.39, 0.29) is 9.92 Å². The molecule has 0 saturated heterocycles. The minimum atomic E-state index is -3.92. The summed E-state index contributed by atoms with van der Waals surface area (Å²) in [5.41, 5.74) is -0.0818. The predicted octanol–water partition coefficient (Wildman–Crippen LogP) is 3.65. The Kier molecular flexibility index (Phi) is 4.69. The lowest BCUT2D eigenvalue weighted by Gasteiger charge is -2.08. The molecule has 2 rings (SSSR count). The van der Waals surface area contributed by atoms with Gasteiger partial charge in [0.2, 0.25) is 0 Å². The number of halogens is 2. The highest BCUT2D eigenvalue weighted by atomic mass is 127. The average molecular weight is 439 g/mol. The van der Waals surface area contributed by atoms with Gasteiger partial charge in [-0.15, -0.1) is 0 Å². The zero-order chi connectivity index (χ0) is 15.6. The van der Waals surface area contributed by atoms with E-state index in [0.717, 1.165) is 9.64 Å². The van der Waals surface area contributed by atoms with Crippen molar-refractivity contribution in [1.29, 1.82) is 0 Å². The van der Waals surface area contributed by atoms with Gasteiger partial charge in [-0.3, -0.25) is 14.8 Å². The van der Waals surface area contributed by atoms with Gasteiger partial charge < -0.3 is 0 Å². The molecule has 9 heteroatoms. The van der Waals surface area contributed by atoms with Crippen LogP contribution in [0.2, 0.25) is 5.02 Å². The molecule has 21 heavy (non-hydrogen) atoms. The number of nitrogens with zero attached hydrogens (tertiary/aromatic N) is 1. The molecule has 1 N–H and O–H groups in total. The largest absolute Gasteiger partial charge is 0.289 e. The Balaban J connectivity index is 2.40. The molecule has 0 bridgehead atoms. The van der Waals surface area contributed by atoms with E-state index in [9.17, 15) is 18.5 Å². The first-order valence-corrected chi connectivity index (χ1v) is 8.46. The van der Waals surface area contributed by atoms with E-state index in [1.54, 1.807) is 18.2 Å². The van der Waals surface area contributed by atoms with Gasteiger partial charge in [-0.05, 0) is 52.9 Å². The molecule has 0 saturated carbocycles. The molecule has 0 aromatic heterocycles. The first-order chi connectivity index (χ1) is 9.79. The zero-order valence-corrected chi connectivity index (χ0v) is 14.0. The summed E-state index contributed by atoms with van der Waals surface area (Å²) < 4.78 is 27.7. The fraction of sp³-hybridized carbons (Fsp3) is 0. The number of hydrogen-bond acceptors (Lipinski definition) is 4. The average Bonchev–Trinajstić information content (AvgIpc) is 2.38. The van der Waals surface area contributed by atoms with E-state index in [1.807, 2.05) is 28.7 Å². The zero-order valence-electron chi connectivity index (χ0n) is 10.3. The van der Waals surface area contributed by atoms with Gasteiger partial charge in [-0.2, -0.15) is 0 Å². The number of sulfonamides is 1. The van der Waals surface area contributed by atoms with Crippen LogP contribution < -0.4 is 4.72 Å². The van der Waals surface area contributed by atoms with Crippen LogP contribution in [0.25, 0.3) is 0 Å². The molecule has 0 aliphatic heterocycles. The van der Waals surface area contributed by atoms with Crippen LogP contribution in [0.4, 0.5) is 11.4 Å². The van der Waals surface area contributed by atoms with E-state index >= 15 is 0 Å². The summed E-state index contributed by atoms with van der Waals surface area (Å²) >= 11 is 7.71. The van der Waals surface area contributed by atoms with Gasteiger partial charge in [-0.1, -0.05) is 17.7 Å². The van der Waals surface area contributed by atoms with Crippen LogP contribution in [0.15, 0.2) is 47.4 Å². The lowest BCUT2D eigenvalue weighted by Crippen LogP contribution is -2.13. The standard InChI is InChI=1S/C12H8ClIN2O4S/c13-11-5-4-10(7-12(11)16(17)18)21(19,20)15-9-3-1-2-8(14)6-9/h1-7,15H. The Morgan fingerprint density at radius 1 is 1.19 bits per heavy atom. The number of anilines is 1. The van der Waals surface area contributed by atoms with Crippen molar-refractivity contribution in [2.24, 2.45) is 0 Å². The lowest BCUT2D eigenvalue weighted by molar-refractivity contribution is -0.384. The number of rotatable bonds is 4. The molecule has 2 aromatic rings. The molecule has 110 valence electrons. The summed E-state index contributed by atoms with van der Waals surface area (Å²) in [6.45, 7) is 0. The Labute approximate surface area is 139 Å². The van der Waals surface area contributed by atoms with Gasteiger partial charge in [-0.25, -0.2) is 8.42 Å². The van der Waals surface area contributed by atoms with Gasteiger partial charge >= 0.3 is 0 Å². The van der Waals surface area contributed by atoms with Crippen molar-refractivity contribution in [2.45, 2.75) is 4.90 Å². The Morgan fingerprint density at radius 2 is 1.90 bits per heavy atom. The number of benzene rings is 2. The maximum absolute atomic E-state index is 12.2. The summed E-state index contributed by atoms with van der Waals surface area (Å²) in [5.74, 6) is 0. The molecule has 0 spiro atoms. The summed E-state index contributed by atoms with van der Waals surface area (Å²) in [6.07, 6.45) is 0. The van der Waals surface area contributed by atoms with Gasteiger partial charge in [0.25, 0.3) is 15.7 Å². The van der Waals surface area contributed by atoms with Crippen molar-refractivity contribution in [1.82, 2.24) is 0 Å². The Morgan fingerprint density at radius 3 is 2.52 bits per heavy atom. The Hall–Kier alpha value is -1.39. The van der Waals surface area contributed by atoms with Crippen LogP contribution in [-0.4, -0.2) is 13.3 Å². The highest BCUT2D eigenvalue weighted by molar-refractivity contribution is 14.1. The number of hydrogen-bond donors (Lipinski definition) is 1. The number of nitrogens with one attached hydrogen (secondary N) is 1. The van der Waals surface area contributed by atoms with E-state index in [1.165, 1.54) is 12.1 Å². The third-order valence-electron chi connectivity index (χ3n) is 2.50. The quantitative estimate of drug-likeness (QED) is 0.448. The summed E-state index contributed by atoms with van der Waals surface area (Å²) in [6, 6.07) is 10.1. The molecule has 0 heterocycles. The summed E-state index contributed by atoms with van der Waals surface area (Å²) in [7, 11) is -3.92. The molecule has 0 amide bonds.